The summed E-state index contributed by atoms with van der Waals surface area (Å²) in [6.45, 7) is 4.48. The van der Waals surface area contributed by atoms with Crippen molar-refractivity contribution in [1.82, 2.24) is 14.9 Å². The molecular weight excluding hydrogens is 320 g/mol. The van der Waals surface area contributed by atoms with E-state index in [1.54, 1.807) is 17.5 Å². The van der Waals surface area contributed by atoms with Crippen molar-refractivity contribution in [2.45, 2.75) is 52.0 Å². The van der Waals surface area contributed by atoms with Crippen molar-refractivity contribution in [2.24, 2.45) is 11.7 Å². The third-order valence-electron chi connectivity index (χ3n) is 5.08. The second-order valence-electron chi connectivity index (χ2n) is 6.65. The molecule has 0 radical (unpaired) electrons. The van der Waals surface area contributed by atoms with Crippen LogP contribution in [0.5, 0.6) is 0 Å². The molecule has 1 fully saturated rings. The monoisotopic (exact) mass is 346 g/mol. The molecule has 0 spiro atoms. The first-order chi connectivity index (χ1) is 11.6. The number of nitrogens with two attached hydrogens (primary N) is 1. The number of aryl methyl sites for hydroxylation is 1. The molecule has 0 aromatic carbocycles. The van der Waals surface area contributed by atoms with Crippen LogP contribution in [0.25, 0.3) is 5.13 Å². The topological polar surface area (TPSA) is 72.9 Å². The number of nitrogens with zero attached hydrogens (tertiary/aromatic N) is 2. The van der Waals surface area contributed by atoms with Crippen LogP contribution in [0.1, 0.15) is 53.8 Å². The number of thiazole rings is 1. The minimum atomic E-state index is -0.0214. The van der Waals surface area contributed by atoms with E-state index in [1.807, 2.05) is 29.9 Å². The average molecular weight is 346 g/mol. The molecule has 5 nitrogen and oxygen atoms in total. The Morgan fingerprint density at radius 3 is 2.79 bits per heavy atom. The van der Waals surface area contributed by atoms with Gasteiger partial charge in [0, 0.05) is 35.6 Å². The normalized spacial score (nSPS) is 17.0. The van der Waals surface area contributed by atoms with Gasteiger partial charge in [-0.05, 0) is 38.7 Å². The fourth-order valence-electron chi connectivity index (χ4n) is 3.77. The second-order valence-corrected chi connectivity index (χ2v) is 7.52. The Hall–Kier alpha value is -1.66. The molecule has 0 saturated heterocycles. The van der Waals surface area contributed by atoms with Gasteiger partial charge in [-0.3, -0.25) is 9.36 Å². The standard InChI is InChI=1S/C18H26N4OS/c1-12-10-15(13(2)22(12)18-20-8-9-24-18)17(23)21-16(11-19)14-6-4-3-5-7-14/h8-10,14,16H,3-7,11,19H2,1-2H3,(H,21,23). The predicted octanol–water partition coefficient (Wildman–Crippen LogP) is 3.19. The number of aromatic nitrogens is 2. The molecule has 130 valence electrons. The smallest absolute Gasteiger partial charge is 0.253 e. The van der Waals surface area contributed by atoms with Crippen molar-refractivity contribution < 1.29 is 4.79 Å². The minimum Gasteiger partial charge on any atom is -0.348 e. The average Bonchev–Trinajstić information content (AvgIpc) is 3.21. The van der Waals surface area contributed by atoms with Gasteiger partial charge < -0.3 is 11.1 Å². The summed E-state index contributed by atoms with van der Waals surface area (Å²) >= 11 is 1.57. The molecular formula is C18H26N4OS. The zero-order valence-electron chi connectivity index (χ0n) is 14.4. The van der Waals surface area contributed by atoms with Crippen molar-refractivity contribution in [3.8, 4) is 5.13 Å². The van der Waals surface area contributed by atoms with E-state index in [4.69, 9.17) is 5.73 Å². The summed E-state index contributed by atoms with van der Waals surface area (Å²) in [5.41, 5.74) is 8.62. The van der Waals surface area contributed by atoms with Gasteiger partial charge in [-0.1, -0.05) is 19.3 Å². The van der Waals surface area contributed by atoms with Crippen LogP contribution >= 0.6 is 11.3 Å². The Morgan fingerprint density at radius 1 is 1.42 bits per heavy atom. The molecule has 6 heteroatoms. The summed E-state index contributed by atoms with van der Waals surface area (Å²) in [4.78, 5) is 17.2. The molecule has 2 aromatic rings. The lowest BCUT2D eigenvalue weighted by Gasteiger charge is -2.30. The number of hydrogen-bond acceptors (Lipinski definition) is 4. The Morgan fingerprint density at radius 2 is 2.17 bits per heavy atom. The van der Waals surface area contributed by atoms with E-state index < -0.39 is 0 Å². The first kappa shape index (κ1) is 17.2. The Balaban J connectivity index is 1.78. The lowest BCUT2D eigenvalue weighted by molar-refractivity contribution is 0.0915. The first-order valence-electron chi connectivity index (χ1n) is 8.71. The Bertz CT molecular complexity index is 686. The number of hydrogen-bond donors (Lipinski definition) is 2. The maximum atomic E-state index is 12.8. The summed E-state index contributed by atoms with van der Waals surface area (Å²) in [6, 6.07) is 2.02. The van der Waals surface area contributed by atoms with Crippen molar-refractivity contribution in [2.75, 3.05) is 6.54 Å². The number of rotatable bonds is 5. The van der Waals surface area contributed by atoms with Crippen LogP contribution in [0.15, 0.2) is 17.6 Å². The number of nitrogens with one attached hydrogen (secondary N) is 1. The van der Waals surface area contributed by atoms with Crippen molar-refractivity contribution in [3.63, 3.8) is 0 Å². The van der Waals surface area contributed by atoms with Gasteiger partial charge in [0.1, 0.15) is 0 Å². The lowest BCUT2D eigenvalue weighted by atomic mass is 9.84. The van der Waals surface area contributed by atoms with Crippen LogP contribution in [0.2, 0.25) is 0 Å². The van der Waals surface area contributed by atoms with Gasteiger partial charge in [-0.25, -0.2) is 4.98 Å². The van der Waals surface area contributed by atoms with Crippen LogP contribution in [0, 0.1) is 19.8 Å². The van der Waals surface area contributed by atoms with Gasteiger partial charge in [0.15, 0.2) is 5.13 Å². The maximum absolute atomic E-state index is 12.8. The molecule has 1 saturated carbocycles. The molecule has 0 bridgehead atoms. The predicted molar refractivity (Wildman–Crippen MR) is 97.8 cm³/mol. The molecule has 1 unspecified atom stereocenters. The molecule has 1 amide bonds. The molecule has 3 N–H and O–H groups in total. The molecule has 2 aromatic heterocycles. The van der Waals surface area contributed by atoms with Crippen LogP contribution in [-0.4, -0.2) is 28.0 Å². The van der Waals surface area contributed by atoms with E-state index in [9.17, 15) is 4.79 Å². The van der Waals surface area contributed by atoms with Gasteiger partial charge in [0.05, 0.1) is 5.56 Å². The Kier molecular flexibility index (Phi) is 5.36. The highest BCUT2D eigenvalue weighted by atomic mass is 32.1. The molecule has 0 aliphatic heterocycles. The zero-order chi connectivity index (χ0) is 17.1. The van der Waals surface area contributed by atoms with Gasteiger partial charge >= 0.3 is 0 Å². The third kappa shape index (κ3) is 3.39. The van der Waals surface area contributed by atoms with E-state index in [1.165, 1.54) is 32.1 Å². The highest BCUT2D eigenvalue weighted by Gasteiger charge is 2.26. The molecule has 2 heterocycles. The first-order valence-corrected chi connectivity index (χ1v) is 9.59. The van der Waals surface area contributed by atoms with Crippen LogP contribution in [0.4, 0.5) is 0 Å². The quantitative estimate of drug-likeness (QED) is 0.873. The molecule has 3 rings (SSSR count). The highest BCUT2D eigenvalue weighted by molar-refractivity contribution is 7.12. The summed E-state index contributed by atoms with van der Waals surface area (Å²) in [5.74, 6) is 0.488. The van der Waals surface area contributed by atoms with Gasteiger partial charge in [0.2, 0.25) is 0 Å². The number of amides is 1. The fourth-order valence-corrected chi connectivity index (χ4v) is 4.52. The van der Waals surface area contributed by atoms with E-state index >= 15 is 0 Å². The minimum absolute atomic E-state index is 0.0214. The van der Waals surface area contributed by atoms with Crippen LogP contribution in [-0.2, 0) is 0 Å². The molecule has 1 aliphatic carbocycles. The van der Waals surface area contributed by atoms with E-state index in [-0.39, 0.29) is 11.9 Å². The number of carbonyl (C=O) groups excluding carboxylic acids is 1. The highest BCUT2D eigenvalue weighted by Crippen LogP contribution is 2.27. The van der Waals surface area contributed by atoms with Crippen LogP contribution < -0.4 is 11.1 Å². The SMILES string of the molecule is Cc1cc(C(=O)NC(CN)C2CCCCC2)c(C)n1-c1nccs1. The second kappa shape index (κ2) is 7.49. The number of carbonyl (C=O) groups is 1. The van der Waals surface area contributed by atoms with Gasteiger partial charge in [-0.15, -0.1) is 11.3 Å². The van der Waals surface area contributed by atoms with E-state index in [2.05, 4.69) is 10.3 Å². The third-order valence-corrected chi connectivity index (χ3v) is 5.83. The maximum Gasteiger partial charge on any atom is 0.253 e. The van der Waals surface area contributed by atoms with Gasteiger partial charge in [-0.2, -0.15) is 0 Å². The summed E-state index contributed by atoms with van der Waals surface area (Å²) in [7, 11) is 0. The van der Waals surface area contributed by atoms with E-state index in [0.717, 1.165) is 22.1 Å². The molecule has 1 aliphatic rings. The summed E-state index contributed by atoms with van der Waals surface area (Å²) < 4.78 is 2.04. The van der Waals surface area contributed by atoms with E-state index in [0.29, 0.717) is 12.5 Å². The molecule has 24 heavy (non-hydrogen) atoms. The van der Waals surface area contributed by atoms with Crippen molar-refractivity contribution in [1.29, 1.82) is 0 Å². The fraction of sp³-hybridized carbons (Fsp3) is 0.556. The van der Waals surface area contributed by atoms with Crippen LogP contribution in [0.3, 0.4) is 0 Å². The zero-order valence-corrected chi connectivity index (χ0v) is 15.2. The van der Waals surface area contributed by atoms with Gasteiger partial charge in [0.25, 0.3) is 5.91 Å². The molecule has 1 atom stereocenters. The van der Waals surface area contributed by atoms with Crippen molar-refractivity contribution >= 4 is 17.2 Å². The summed E-state index contributed by atoms with van der Waals surface area (Å²) in [6.07, 6.45) is 7.91. The van der Waals surface area contributed by atoms with Crippen molar-refractivity contribution in [3.05, 3.63) is 34.6 Å². The summed E-state index contributed by atoms with van der Waals surface area (Å²) in [5, 5.41) is 6.03. The Labute approximate surface area is 147 Å². The largest absolute Gasteiger partial charge is 0.348 e. The lowest BCUT2D eigenvalue weighted by Crippen LogP contribution is -2.46.